The summed E-state index contributed by atoms with van der Waals surface area (Å²) in [5.74, 6) is 0.0889. The minimum atomic E-state index is -0.417. The average molecular weight is 340 g/mol. The highest BCUT2D eigenvalue weighted by atomic mass is 16.1. The molecule has 4 heteroatoms. The number of rotatable bonds is 4. The number of carbonyl (C=O) groups is 2. The smallest absolute Gasteiger partial charge is 0.248 e. The van der Waals surface area contributed by atoms with Crippen LogP contribution in [-0.4, -0.2) is 22.9 Å². The number of primary amides is 1. The normalized spacial score (nSPS) is 20.3. The van der Waals surface area contributed by atoms with Gasteiger partial charge in [-0.15, -0.1) is 0 Å². The van der Waals surface area contributed by atoms with E-state index in [-0.39, 0.29) is 11.5 Å². The van der Waals surface area contributed by atoms with Crippen LogP contribution in [0.1, 0.15) is 80.3 Å². The molecule has 25 heavy (non-hydrogen) atoms. The Kier molecular flexibility index (Phi) is 5.07. The van der Waals surface area contributed by atoms with Gasteiger partial charge in [-0.2, -0.15) is 0 Å². The number of carbonyl (C=O) groups excluding carboxylic acids is 2. The third kappa shape index (κ3) is 4.17. The summed E-state index contributed by atoms with van der Waals surface area (Å²) in [6.07, 6.45) is 8.00. The van der Waals surface area contributed by atoms with E-state index in [1.165, 1.54) is 12.8 Å². The van der Waals surface area contributed by atoms with E-state index >= 15 is 0 Å². The summed E-state index contributed by atoms with van der Waals surface area (Å²) in [4.78, 5) is 29.2. The highest BCUT2D eigenvalue weighted by Crippen LogP contribution is 2.31. The average Bonchev–Trinajstić information content (AvgIpc) is 2.82. The summed E-state index contributed by atoms with van der Waals surface area (Å²) < 4.78 is 0. The molecule has 0 atom stereocenters. The number of fused-ring (bicyclic) bond motifs is 1. The molecule has 1 aromatic rings. The molecule has 1 saturated carbocycles. The van der Waals surface area contributed by atoms with Gasteiger partial charge in [-0.25, -0.2) is 0 Å². The number of nitrogens with two attached hydrogens (primary N) is 1. The molecule has 134 valence electrons. The molecule has 0 spiro atoms. The lowest BCUT2D eigenvalue weighted by Crippen LogP contribution is -2.31. The van der Waals surface area contributed by atoms with E-state index in [1.807, 2.05) is 12.1 Å². The number of aliphatic imine (C=N–C) groups is 1. The molecule has 1 aliphatic heterocycles. The molecule has 2 aliphatic rings. The van der Waals surface area contributed by atoms with E-state index in [0.29, 0.717) is 17.8 Å². The number of hydrogen-bond donors (Lipinski definition) is 1. The van der Waals surface area contributed by atoms with Gasteiger partial charge in [0.1, 0.15) is 5.78 Å². The topological polar surface area (TPSA) is 72.5 Å². The van der Waals surface area contributed by atoms with Crippen LogP contribution in [0.25, 0.3) is 0 Å². The zero-order chi connectivity index (χ0) is 18.0. The van der Waals surface area contributed by atoms with Gasteiger partial charge in [0.05, 0.1) is 11.3 Å². The molecule has 1 fully saturated rings. The lowest BCUT2D eigenvalue weighted by Gasteiger charge is -2.29. The van der Waals surface area contributed by atoms with Crippen molar-refractivity contribution in [3.63, 3.8) is 0 Å². The van der Waals surface area contributed by atoms with Crippen LogP contribution < -0.4 is 5.73 Å². The molecule has 3 rings (SSSR count). The zero-order valence-corrected chi connectivity index (χ0v) is 15.3. The Hall–Kier alpha value is -1.97. The van der Waals surface area contributed by atoms with Gasteiger partial charge >= 0.3 is 0 Å². The molecule has 1 amide bonds. The predicted octanol–water partition coefficient (Wildman–Crippen LogP) is 3.84. The van der Waals surface area contributed by atoms with Crippen LogP contribution in [0.15, 0.2) is 23.2 Å². The molecule has 0 unspecified atom stereocenters. The molecule has 0 bridgehead atoms. The van der Waals surface area contributed by atoms with Gasteiger partial charge in [-0.1, -0.05) is 31.7 Å². The molecule has 0 aromatic heterocycles. The number of ketones is 1. The second kappa shape index (κ2) is 7.11. The molecular weight excluding hydrogens is 312 g/mol. The van der Waals surface area contributed by atoms with E-state index in [4.69, 9.17) is 10.7 Å². The Morgan fingerprint density at radius 2 is 1.84 bits per heavy atom. The van der Waals surface area contributed by atoms with Crippen LogP contribution in [0.2, 0.25) is 0 Å². The van der Waals surface area contributed by atoms with Crippen molar-refractivity contribution in [2.45, 2.75) is 70.8 Å². The summed E-state index contributed by atoms with van der Waals surface area (Å²) in [7, 11) is 0. The number of benzene rings is 1. The maximum Gasteiger partial charge on any atom is 0.248 e. The lowest BCUT2D eigenvalue weighted by atomic mass is 9.83. The highest BCUT2D eigenvalue weighted by molar-refractivity contribution is 6.13. The van der Waals surface area contributed by atoms with E-state index in [2.05, 4.69) is 13.8 Å². The van der Waals surface area contributed by atoms with Gasteiger partial charge < -0.3 is 5.73 Å². The van der Waals surface area contributed by atoms with Crippen molar-refractivity contribution in [3.8, 4) is 0 Å². The van der Waals surface area contributed by atoms with Crippen LogP contribution >= 0.6 is 0 Å². The number of amides is 1. The van der Waals surface area contributed by atoms with Crippen LogP contribution in [0.3, 0.4) is 0 Å². The molecule has 4 nitrogen and oxygen atoms in total. The minimum Gasteiger partial charge on any atom is -0.366 e. The maximum absolute atomic E-state index is 12.9. The Morgan fingerprint density at radius 3 is 2.48 bits per heavy atom. The number of nitrogens with zero attached hydrogens (tertiary/aromatic N) is 1. The fraction of sp³-hybridized carbons (Fsp3) is 0.571. The molecule has 1 aliphatic carbocycles. The fourth-order valence-electron chi connectivity index (χ4n) is 4.15. The SMILES string of the molecule is CC1(C)Cc2cc(C(N)=O)ccc2C(CC(=O)C2CCCCCC2)=N1. The summed E-state index contributed by atoms with van der Waals surface area (Å²) in [5.41, 5.74) is 8.62. The van der Waals surface area contributed by atoms with Crippen LogP contribution in [0.4, 0.5) is 0 Å². The van der Waals surface area contributed by atoms with Crippen LogP contribution in [0.5, 0.6) is 0 Å². The summed E-state index contributed by atoms with van der Waals surface area (Å²) in [5, 5.41) is 0. The molecular formula is C21H28N2O2. The molecule has 2 N–H and O–H groups in total. The Morgan fingerprint density at radius 1 is 1.16 bits per heavy atom. The number of hydrogen-bond acceptors (Lipinski definition) is 3. The van der Waals surface area contributed by atoms with E-state index in [9.17, 15) is 9.59 Å². The van der Waals surface area contributed by atoms with Gasteiger partial charge in [-0.05, 0) is 56.4 Å². The predicted molar refractivity (Wildman–Crippen MR) is 100 cm³/mol. The second-order valence-corrected chi connectivity index (χ2v) is 8.12. The first-order valence-electron chi connectivity index (χ1n) is 9.40. The summed E-state index contributed by atoms with van der Waals surface area (Å²) >= 11 is 0. The van der Waals surface area contributed by atoms with Crippen molar-refractivity contribution >= 4 is 17.4 Å². The lowest BCUT2D eigenvalue weighted by molar-refractivity contribution is -0.122. The highest BCUT2D eigenvalue weighted by Gasteiger charge is 2.30. The van der Waals surface area contributed by atoms with Crippen molar-refractivity contribution in [1.82, 2.24) is 0 Å². The molecule has 0 radical (unpaired) electrons. The van der Waals surface area contributed by atoms with Crippen molar-refractivity contribution in [2.75, 3.05) is 0 Å². The van der Waals surface area contributed by atoms with Gasteiger partial charge in [0, 0.05) is 17.9 Å². The van der Waals surface area contributed by atoms with Crippen LogP contribution in [0, 0.1) is 5.92 Å². The van der Waals surface area contributed by atoms with Crippen molar-refractivity contribution in [2.24, 2.45) is 16.6 Å². The minimum absolute atomic E-state index is 0.184. The van der Waals surface area contributed by atoms with Crippen molar-refractivity contribution in [3.05, 3.63) is 34.9 Å². The van der Waals surface area contributed by atoms with Crippen molar-refractivity contribution < 1.29 is 9.59 Å². The third-order valence-electron chi connectivity index (χ3n) is 5.41. The van der Waals surface area contributed by atoms with E-state index < -0.39 is 5.91 Å². The fourth-order valence-corrected chi connectivity index (χ4v) is 4.15. The molecule has 1 aromatic carbocycles. The van der Waals surface area contributed by atoms with Crippen molar-refractivity contribution in [1.29, 1.82) is 0 Å². The first-order chi connectivity index (χ1) is 11.9. The molecule has 1 heterocycles. The van der Waals surface area contributed by atoms with Gasteiger partial charge in [0.25, 0.3) is 0 Å². The monoisotopic (exact) mass is 340 g/mol. The Labute approximate surface area is 149 Å². The molecule has 0 saturated heterocycles. The summed E-state index contributed by atoms with van der Waals surface area (Å²) in [6, 6.07) is 5.51. The Bertz CT molecular complexity index is 711. The largest absolute Gasteiger partial charge is 0.366 e. The van der Waals surface area contributed by atoms with Crippen LogP contribution in [-0.2, 0) is 11.2 Å². The third-order valence-corrected chi connectivity index (χ3v) is 5.41. The van der Waals surface area contributed by atoms with Gasteiger partial charge in [0.15, 0.2) is 0 Å². The van der Waals surface area contributed by atoms with Gasteiger partial charge in [0.2, 0.25) is 5.91 Å². The number of Topliss-reactive ketones (excluding diaryl/α,β-unsaturated/α-hetero) is 1. The second-order valence-electron chi connectivity index (χ2n) is 8.12. The van der Waals surface area contributed by atoms with E-state index in [1.54, 1.807) is 6.07 Å². The summed E-state index contributed by atoms with van der Waals surface area (Å²) in [6.45, 7) is 4.14. The quantitative estimate of drug-likeness (QED) is 0.846. The Balaban J connectivity index is 1.86. The van der Waals surface area contributed by atoms with E-state index in [0.717, 1.165) is 48.9 Å². The maximum atomic E-state index is 12.9. The zero-order valence-electron chi connectivity index (χ0n) is 15.3. The first kappa shape index (κ1) is 17.8. The first-order valence-corrected chi connectivity index (χ1v) is 9.40. The standard InChI is InChI=1S/C21H28N2O2/c1-21(2)13-16-11-15(20(22)25)9-10-17(16)18(23-21)12-19(24)14-7-5-3-4-6-8-14/h9-11,14H,3-8,12-13H2,1-2H3,(H2,22,25). The van der Waals surface area contributed by atoms with Gasteiger partial charge in [-0.3, -0.25) is 14.6 Å².